The molecule has 1 aliphatic heterocycles. The molecular weight excluding hydrogens is 278 g/mol. The van der Waals surface area contributed by atoms with Crippen LogP contribution < -0.4 is 5.32 Å². The SMILES string of the molecule is CC1CN(CC(=O)Nc2cccnn2)CCN(C2CCC2)C1. The topological polar surface area (TPSA) is 61.4 Å². The first-order valence-corrected chi connectivity index (χ1v) is 8.24. The molecule has 1 atom stereocenters. The molecule has 0 aromatic carbocycles. The summed E-state index contributed by atoms with van der Waals surface area (Å²) in [7, 11) is 0. The first-order chi connectivity index (χ1) is 10.7. The van der Waals surface area contributed by atoms with Gasteiger partial charge in [-0.25, -0.2) is 0 Å². The Balaban J connectivity index is 1.50. The van der Waals surface area contributed by atoms with Crippen LogP contribution in [0.15, 0.2) is 18.3 Å². The Morgan fingerprint density at radius 1 is 1.36 bits per heavy atom. The summed E-state index contributed by atoms with van der Waals surface area (Å²) in [5.74, 6) is 1.11. The number of hydrogen-bond donors (Lipinski definition) is 1. The van der Waals surface area contributed by atoms with Crippen LogP contribution in [0.4, 0.5) is 5.82 Å². The van der Waals surface area contributed by atoms with E-state index in [1.807, 2.05) is 0 Å². The normalized spacial score (nSPS) is 24.5. The molecule has 1 aromatic heterocycles. The maximum absolute atomic E-state index is 12.1. The number of amides is 1. The minimum absolute atomic E-state index is 0.00945. The van der Waals surface area contributed by atoms with Crippen molar-refractivity contribution in [2.75, 3.05) is 38.0 Å². The highest BCUT2D eigenvalue weighted by atomic mass is 16.2. The number of nitrogens with zero attached hydrogens (tertiary/aromatic N) is 4. The van der Waals surface area contributed by atoms with E-state index in [0.29, 0.717) is 18.3 Å². The molecule has 6 heteroatoms. The van der Waals surface area contributed by atoms with Gasteiger partial charge in [-0.2, -0.15) is 5.10 Å². The van der Waals surface area contributed by atoms with E-state index < -0.39 is 0 Å². The van der Waals surface area contributed by atoms with E-state index in [1.54, 1.807) is 18.3 Å². The van der Waals surface area contributed by atoms with Crippen LogP contribution >= 0.6 is 0 Å². The van der Waals surface area contributed by atoms with Crippen LogP contribution in [0.1, 0.15) is 26.2 Å². The predicted molar refractivity (Wildman–Crippen MR) is 85.5 cm³/mol. The van der Waals surface area contributed by atoms with Gasteiger partial charge in [0.25, 0.3) is 0 Å². The van der Waals surface area contributed by atoms with Gasteiger partial charge in [-0.15, -0.1) is 5.10 Å². The second-order valence-corrected chi connectivity index (χ2v) is 6.58. The molecule has 1 saturated heterocycles. The molecule has 1 unspecified atom stereocenters. The van der Waals surface area contributed by atoms with Gasteiger partial charge >= 0.3 is 0 Å². The number of rotatable bonds is 4. The molecule has 120 valence electrons. The van der Waals surface area contributed by atoms with Gasteiger partial charge in [0, 0.05) is 38.4 Å². The summed E-state index contributed by atoms with van der Waals surface area (Å²) >= 11 is 0. The lowest BCUT2D eigenvalue weighted by Gasteiger charge is -2.37. The summed E-state index contributed by atoms with van der Waals surface area (Å²) in [4.78, 5) is 17.0. The van der Waals surface area contributed by atoms with E-state index in [2.05, 4.69) is 32.2 Å². The molecule has 0 radical (unpaired) electrons. The van der Waals surface area contributed by atoms with E-state index in [9.17, 15) is 4.79 Å². The molecule has 22 heavy (non-hydrogen) atoms. The number of carbonyl (C=O) groups is 1. The van der Waals surface area contributed by atoms with Gasteiger partial charge in [-0.3, -0.25) is 14.6 Å². The standard InChI is InChI=1S/C16H25N5O/c1-13-10-20(8-9-21(11-13)14-4-2-5-14)12-16(22)18-15-6-3-7-17-19-15/h3,6-7,13-14H,2,4-5,8-12H2,1H3,(H,18,19,22). The fraction of sp³-hybridized carbons (Fsp3) is 0.688. The van der Waals surface area contributed by atoms with E-state index in [-0.39, 0.29) is 5.91 Å². The number of aromatic nitrogens is 2. The molecule has 1 saturated carbocycles. The van der Waals surface area contributed by atoms with Crippen molar-refractivity contribution >= 4 is 11.7 Å². The molecule has 1 aromatic rings. The lowest BCUT2D eigenvalue weighted by molar-refractivity contribution is -0.117. The zero-order valence-corrected chi connectivity index (χ0v) is 13.2. The van der Waals surface area contributed by atoms with Gasteiger partial charge in [0.15, 0.2) is 5.82 Å². The summed E-state index contributed by atoms with van der Waals surface area (Å²) < 4.78 is 0. The molecule has 2 heterocycles. The average Bonchev–Trinajstić information content (AvgIpc) is 2.59. The summed E-state index contributed by atoms with van der Waals surface area (Å²) in [6, 6.07) is 4.32. The summed E-state index contributed by atoms with van der Waals surface area (Å²) in [6.45, 7) is 6.90. The number of anilines is 1. The van der Waals surface area contributed by atoms with Crippen molar-refractivity contribution in [3.05, 3.63) is 18.3 Å². The number of carbonyl (C=O) groups excluding carboxylic acids is 1. The predicted octanol–water partition coefficient (Wildman–Crippen LogP) is 1.22. The van der Waals surface area contributed by atoms with Crippen LogP contribution in [0, 0.1) is 5.92 Å². The van der Waals surface area contributed by atoms with Crippen molar-refractivity contribution in [2.45, 2.75) is 32.2 Å². The van der Waals surface area contributed by atoms with Crippen LogP contribution in [0.3, 0.4) is 0 Å². The monoisotopic (exact) mass is 303 g/mol. The maximum atomic E-state index is 12.1. The minimum atomic E-state index is -0.00945. The Morgan fingerprint density at radius 3 is 2.91 bits per heavy atom. The average molecular weight is 303 g/mol. The summed E-state index contributed by atoms with van der Waals surface area (Å²) in [5, 5.41) is 10.5. The lowest BCUT2D eigenvalue weighted by Crippen LogP contribution is -2.43. The molecule has 0 bridgehead atoms. The molecule has 1 aliphatic carbocycles. The molecule has 0 spiro atoms. The molecule has 2 aliphatic rings. The van der Waals surface area contributed by atoms with E-state index in [1.165, 1.54) is 19.3 Å². The van der Waals surface area contributed by atoms with Crippen LogP contribution in [-0.2, 0) is 4.79 Å². The third-order valence-corrected chi connectivity index (χ3v) is 4.62. The number of hydrogen-bond acceptors (Lipinski definition) is 5. The van der Waals surface area contributed by atoms with Crippen LogP contribution in [0.5, 0.6) is 0 Å². The maximum Gasteiger partial charge on any atom is 0.239 e. The molecular formula is C16H25N5O. The molecule has 3 rings (SSSR count). The van der Waals surface area contributed by atoms with Gasteiger partial charge in [0.2, 0.25) is 5.91 Å². The van der Waals surface area contributed by atoms with Gasteiger partial charge in [0.1, 0.15) is 0 Å². The Kier molecular flexibility index (Phi) is 5.00. The van der Waals surface area contributed by atoms with Crippen molar-refractivity contribution < 1.29 is 4.79 Å². The summed E-state index contributed by atoms with van der Waals surface area (Å²) in [6.07, 6.45) is 5.67. The van der Waals surface area contributed by atoms with E-state index >= 15 is 0 Å². The first-order valence-electron chi connectivity index (χ1n) is 8.24. The fourth-order valence-corrected chi connectivity index (χ4v) is 3.33. The van der Waals surface area contributed by atoms with Gasteiger partial charge in [-0.05, 0) is 30.9 Å². The largest absolute Gasteiger partial charge is 0.308 e. The van der Waals surface area contributed by atoms with Crippen LogP contribution in [-0.4, -0.2) is 64.7 Å². The van der Waals surface area contributed by atoms with Crippen molar-refractivity contribution in [1.82, 2.24) is 20.0 Å². The highest BCUT2D eigenvalue weighted by Crippen LogP contribution is 2.26. The van der Waals surface area contributed by atoms with Gasteiger partial charge in [-0.1, -0.05) is 13.3 Å². The Bertz CT molecular complexity index is 491. The van der Waals surface area contributed by atoms with Crippen molar-refractivity contribution in [3.63, 3.8) is 0 Å². The van der Waals surface area contributed by atoms with Crippen molar-refractivity contribution in [3.8, 4) is 0 Å². The third kappa shape index (κ3) is 4.01. The number of nitrogens with one attached hydrogen (secondary N) is 1. The van der Waals surface area contributed by atoms with Crippen LogP contribution in [0.25, 0.3) is 0 Å². The Hall–Kier alpha value is -1.53. The second-order valence-electron chi connectivity index (χ2n) is 6.58. The van der Waals surface area contributed by atoms with Crippen molar-refractivity contribution in [1.29, 1.82) is 0 Å². The highest BCUT2D eigenvalue weighted by Gasteiger charge is 2.29. The molecule has 6 nitrogen and oxygen atoms in total. The fourth-order valence-electron chi connectivity index (χ4n) is 3.33. The molecule has 1 N–H and O–H groups in total. The lowest BCUT2D eigenvalue weighted by atomic mass is 9.91. The van der Waals surface area contributed by atoms with Crippen LogP contribution in [0.2, 0.25) is 0 Å². The van der Waals surface area contributed by atoms with Gasteiger partial charge < -0.3 is 5.32 Å². The minimum Gasteiger partial charge on any atom is -0.308 e. The Labute approximate surface area is 131 Å². The van der Waals surface area contributed by atoms with Gasteiger partial charge in [0.05, 0.1) is 6.54 Å². The summed E-state index contributed by atoms with van der Waals surface area (Å²) in [5.41, 5.74) is 0. The molecule has 1 amide bonds. The van der Waals surface area contributed by atoms with E-state index in [4.69, 9.17) is 0 Å². The third-order valence-electron chi connectivity index (χ3n) is 4.62. The zero-order valence-electron chi connectivity index (χ0n) is 13.2. The van der Waals surface area contributed by atoms with Crippen molar-refractivity contribution in [2.24, 2.45) is 5.92 Å². The highest BCUT2D eigenvalue weighted by molar-refractivity contribution is 5.91. The van der Waals surface area contributed by atoms with E-state index in [0.717, 1.165) is 32.2 Å². The quantitative estimate of drug-likeness (QED) is 0.906. The Morgan fingerprint density at radius 2 is 2.23 bits per heavy atom. The first kappa shape index (κ1) is 15.4. The second kappa shape index (κ2) is 7.15. The smallest absolute Gasteiger partial charge is 0.239 e. The molecule has 2 fully saturated rings. The zero-order chi connectivity index (χ0) is 15.4.